The van der Waals surface area contributed by atoms with E-state index in [1.165, 1.54) is 11.1 Å². The first-order valence-electron chi connectivity index (χ1n) is 12.0. The number of hydrogen-bond acceptors (Lipinski definition) is 6. The maximum absolute atomic E-state index is 13.6. The molecule has 1 saturated heterocycles. The number of alkyl halides is 2. The molecule has 2 amide bonds. The molecule has 0 bridgehead atoms. The number of nitrogens with one attached hydrogen (secondary N) is 3. The second-order valence-corrected chi connectivity index (χ2v) is 9.44. The van der Waals surface area contributed by atoms with Crippen molar-refractivity contribution in [3.05, 3.63) is 60.7 Å². The molecule has 3 N–H and O–H groups in total. The predicted octanol–water partition coefficient (Wildman–Crippen LogP) is 4.47. The van der Waals surface area contributed by atoms with Crippen LogP contribution < -0.4 is 15.5 Å². The lowest BCUT2D eigenvalue weighted by Crippen LogP contribution is -2.25. The van der Waals surface area contributed by atoms with Crippen LogP contribution in [0, 0.1) is 5.92 Å². The minimum absolute atomic E-state index is 0.000840. The summed E-state index contributed by atoms with van der Waals surface area (Å²) in [7, 11) is 0. The van der Waals surface area contributed by atoms with E-state index >= 15 is 0 Å². The zero-order valence-corrected chi connectivity index (χ0v) is 19.7. The summed E-state index contributed by atoms with van der Waals surface area (Å²) in [6.45, 7) is -0.199. The van der Waals surface area contributed by atoms with Crippen molar-refractivity contribution in [3.8, 4) is 11.1 Å². The number of aromatic nitrogens is 4. The van der Waals surface area contributed by atoms with Crippen LogP contribution >= 0.6 is 0 Å². The Morgan fingerprint density at radius 1 is 1.03 bits per heavy atom. The average Bonchev–Trinajstić information content (AvgIpc) is 3.56. The summed E-state index contributed by atoms with van der Waals surface area (Å²) in [4.78, 5) is 35.2. The van der Waals surface area contributed by atoms with E-state index in [-0.39, 0.29) is 30.5 Å². The van der Waals surface area contributed by atoms with Crippen LogP contribution in [0.15, 0.2) is 55.0 Å². The van der Waals surface area contributed by atoms with Crippen molar-refractivity contribution >= 4 is 39.9 Å². The van der Waals surface area contributed by atoms with Crippen molar-refractivity contribution in [2.75, 3.05) is 28.6 Å². The van der Waals surface area contributed by atoms with Gasteiger partial charge >= 0.3 is 0 Å². The Hall–Kier alpha value is -4.41. The molecule has 0 atom stereocenters. The summed E-state index contributed by atoms with van der Waals surface area (Å²) >= 11 is 0. The highest BCUT2D eigenvalue weighted by atomic mass is 19.3. The van der Waals surface area contributed by atoms with Gasteiger partial charge < -0.3 is 15.5 Å². The van der Waals surface area contributed by atoms with Gasteiger partial charge in [0.05, 0.1) is 23.9 Å². The number of carbonyl (C=O) groups is 2. The molecular weight excluding hydrogens is 480 g/mol. The Balaban J connectivity index is 1.23. The Morgan fingerprint density at radius 3 is 2.68 bits per heavy atom. The Bertz CT molecular complexity index is 1520. The summed E-state index contributed by atoms with van der Waals surface area (Å²) in [5, 5.41) is 13.4. The monoisotopic (exact) mass is 503 g/mol. The number of fused-ring (bicyclic) bond motifs is 1. The molecule has 1 saturated carbocycles. The molecule has 4 aromatic rings. The molecule has 0 spiro atoms. The largest absolute Gasteiger partial charge is 0.350 e. The zero-order valence-electron chi connectivity index (χ0n) is 19.7. The van der Waals surface area contributed by atoms with Gasteiger partial charge in [-0.1, -0.05) is 6.07 Å². The maximum Gasteiger partial charge on any atom is 0.276 e. The normalized spacial score (nSPS) is 16.6. The molecule has 0 unspecified atom stereocenters. The van der Waals surface area contributed by atoms with Crippen molar-refractivity contribution in [2.45, 2.75) is 25.2 Å². The SMILES string of the molecule is O=C(Nc1ccnc(N2CCC(F)(F)C2)c1)c1n[nH]c2ccc(-c3cncc(NC(=O)C4CC4)c3)cc12. The molecule has 1 aliphatic heterocycles. The second-order valence-electron chi connectivity index (χ2n) is 9.44. The average molecular weight is 504 g/mol. The van der Waals surface area contributed by atoms with Gasteiger partial charge in [-0.3, -0.25) is 19.7 Å². The van der Waals surface area contributed by atoms with Crippen LogP contribution in [-0.2, 0) is 4.79 Å². The van der Waals surface area contributed by atoms with E-state index in [4.69, 9.17) is 0 Å². The van der Waals surface area contributed by atoms with E-state index in [0.717, 1.165) is 24.0 Å². The smallest absolute Gasteiger partial charge is 0.276 e. The van der Waals surface area contributed by atoms with Gasteiger partial charge in [-0.25, -0.2) is 13.8 Å². The Morgan fingerprint density at radius 2 is 1.89 bits per heavy atom. The fraction of sp³-hybridized carbons (Fsp3) is 0.269. The number of carbonyl (C=O) groups excluding carboxylic acids is 2. The lowest BCUT2D eigenvalue weighted by Gasteiger charge is -2.17. The van der Waals surface area contributed by atoms with Crippen LogP contribution in [0.25, 0.3) is 22.0 Å². The number of anilines is 3. The Labute approximate surface area is 210 Å². The minimum Gasteiger partial charge on any atom is -0.350 e. The molecule has 9 nitrogen and oxygen atoms in total. The predicted molar refractivity (Wildman–Crippen MR) is 135 cm³/mol. The van der Waals surface area contributed by atoms with Crippen molar-refractivity contribution in [2.24, 2.45) is 5.92 Å². The van der Waals surface area contributed by atoms with Crippen molar-refractivity contribution < 1.29 is 18.4 Å². The molecular formula is C26H23F2N7O2. The van der Waals surface area contributed by atoms with Crippen LogP contribution in [0.4, 0.5) is 26.0 Å². The van der Waals surface area contributed by atoms with Crippen LogP contribution in [0.3, 0.4) is 0 Å². The second kappa shape index (κ2) is 8.91. The van der Waals surface area contributed by atoms with Crippen LogP contribution in [0.5, 0.6) is 0 Å². The summed E-state index contributed by atoms with van der Waals surface area (Å²) in [5.41, 5.74) is 3.50. The molecule has 0 radical (unpaired) electrons. The lowest BCUT2D eigenvalue weighted by molar-refractivity contribution is -0.117. The molecule has 6 rings (SSSR count). The molecule has 1 aliphatic carbocycles. The third-order valence-electron chi connectivity index (χ3n) is 6.56. The van der Waals surface area contributed by atoms with Crippen LogP contribution in [-0.4, -0.2) is 51.0 Å². The number of hydrogen-bond donors (Lipinski definition) is 3. The number of aromatic amines is 1. The minimum atomic E-state index is -2.75. The molecule has 2 aliphatic rings. The summed E-state index contributed by atoms with van der Waals surface area (Å²) in [5.74, 6) is -2.73. The first kappa shape index (κ1) is 23.0. The first-order chi connectivity index (χ1) is 17.8. The standard InChI is InChI=1S/C26H23F2N7O2/c27-26(28)6-8-35(14-26)22-11-18(5-7-30-22)31-25(37)23-20-10-16(3-4-21(20)33-34-23)17-9-19(13-29-12-17)32-24(36)15-1-2-15/h3-5,7,9-13,15H,1-2,6,8,14H2,(H,32,36)(H,33,34)(H,30,31,37). The molecule has 3 aromatic heterocycles. The van der Waals surface area contributed by atoms with Gasteiger partial charge in [0, 0.05) is 54.0 Å². The van der Waals surface area contributed by atoms with Gasteiger partial charge in [-0.2, -0.15) is 5.10 Å². The molecule has 188 valence electrons. The summed E-state index contributed by atoms with van der Waals surface area (Å²) in [6.07, 6.45) is 6.37. The van der Waals surface area contributed by atoms with Gasteiger partial charge in [-0.05, 0) is 42.7 Å². The highest BCUT2D eigenvalue weighted by Gasteiger charge is 2.38. The van der Waals surface area contributed by atoms with Gasteiger partial charge in [0.2, 0.25) is 5.91 Å². The topological polar surface area (TPSA) is 116 Å². The van der Waals surface area contributed by atoms with Gasteiger partial charge in [0.1, 0.15) is 5.82 Å². The van der Waals surface area contributed by atoms with Gasteiger partial charge in [-0.15, -0.1) is 0 Å². The van der Waals surface area contributed by atoms with Crippen LogP contribution in [0.2, 0.25) is 0 Å². The van der Waals surface area contributed by atoms with E-state index in [9.17, 15) is 18.4 Å². The van der Waals surface area contributed by atoms with E-state index in [0.29, 0.717) is 28.1 Å². The third-order valence-corrected chi connectivity index (χ3v) is 6.56. The zero-order chi connectivity index (χ0) is 25.6. The maximum atomic E-state index is 13.6. The van der Waals surface area contributed by atoms with E-state index in [1.807, 2.05) is 24.3 Å². The van der Waals surface area contributed by atoms with Crippen molar-refractivity contribution in [1.29, 1.82) is 0 Å². The van der Waals surface area contributed by atoms with Crippen molar-refractivity contribution in [1.82, 2.24) is 20.2 Å². The quantitative estimate of drug-likeness (QED) is 0.358. The molecule has 37 heavy (non-hydrogen) atoms. The van der Waals surface area contributed by atoms with Crippen LogP contribution in [0.1, 0.15) is 29.8 Å². The van der Waals surface area contributed by atoms with E-state index in [2.05, 4.69) is 30.8 Å². The van der Waals surface area contributed by atoms with Gasteiger partial charge in [0.15, 0.2) is 5.69 Å². The fourth-order valence-electron chi connectivity index (χ4n) is 4.41. The summed E-state index contributed by atoms with van der Waals surface area (Å²) in [6, 6.07) is 10.6. The van der Waals surface area contributed by atoms with Crippen molar-refractivity contribution in [3.63, 3.8) is 0 Å². The number of halogens is 2. The fourth-order valence-corrected chi connectivity index (χ4v) is 4.41. The number of rotatable bonds is 6. The molecule has 4 heterocycles. The lowest BCUT2D eigenvalue weighted by atomic mass is 10.0. The molecule has 11 heteroatoms. The number of benzene rings is 1. The first-order valence-corrected chi connectivity index (χ1v) is 12.0. The molecule has 2 fully saturated rings. The number of H-pyrrole nitrogens is 1. The Kier molecular flexibility index (Phi) is 5.54. The third kappa shape index (κ3) is 4.84. The molecule has 1 aromatic carbocycles. The highest BCUT2D eigenvalue weighted by Crippen LogP contribution is 2.32. The van der Waals surface area contributed by atoms with E-state index < -0.39 is 18.4 Å². The number of nitrogens with zero attached hydrogens (tertiary/aromatic N) is 4. The highest BCUT2D eigenvalue weighted by molar-refractivity contribution is 6.11. The summed E-state index contributed by atoms with van der Waals surface area (Å²) < 4.78 is 27.2. The number of amides is 2. The number of pyridine rings is 2. The van der Waals surface area contributed by atoms with Gasteiger partial charge in [0.25, 0.3) is 11.8 Å². The van der Waals surface area contributed by atoms with E-state index in [1.54, 1.807) is 24.5 Å².